The molecule has 2 aromatic carbocycles. The summed E-state index contributed by atoms with van der Waals surface area (Å²) in [4.78, 5) is 11.2. The fourth-order valence-corrected chi connectivity index (χ4v) is 2.99. The Kier molecular flexibility index (Phi) is 4.73. The van der Waals surface area contributed by atoms with Gasteiger partial charge in [-0.3, -0.25) is 9.48 Å². The lowest BCUT2D eigenvalue weighted by molar-refractivity contribution is -0.142. The number of alkyl halides is 5. The Morgan fingerprint density at radius 3 is 2.39 bits per heavy atom. The molecule has 0 atom stereocenters. The molecule has 3 nitrogen and oxygen atoms in total. The molecule has 0 N–H and O–H groups in total. The number of hydrogen-bond acceptors (Lipinski definition) is 2. The highest BCUT2D eigenvalue weighted by Gasteiger charge is 2.38. The number of rotatable bonds is 4. The van der Waals surface area contributed by atoms with Gasteiger partial charge in [-0.2, -0.15) is 27.1 Å². The van der Waals surface area contributed by atoms with Gasteiger partial charge in [-0.05, 0) is 25.1 Å². The highest BCUT2D eigenvalue weighted by Crippen LogP contribution is 2.35. The first-order valence-corrected chi connectivity index (χ1v) is 8.14. The van der Waals surface area contributed by atoms with Gasteiger partial charge in [0.05, 0.1) is 23.3 Å². The molecule has 1 heterocycles. The van der Waals surface area contributed by atoms with Crippen LogP contribution in [-0.2, 0) is 23.4 Å². The molecule has 148 valence electrons. The van der Waals surface area contributed by atoms with Crippen molar-refractivity contribution < 1.29 is 31.1 Å². The second-order valence-corrected chi connectivity index (χ2v) is 6.37. The van der Waals surface area contributed by atoms with E-state index in [4.69, 9.17) is 0 Å². The average Bonchev–Trinajstić information content (AvgIpc) is 2.91. The number of carbonyl (C=O) groups is 1. The number of benzene rings is 2. The third-order valence-electron chi connectivity index (χ3n) is 4.47. The Bertz CT molecular complexity index is 1070. The number of ketones is 1. The first kappa shape index (κ1) is 19.9. The van der Waals surface area contributed by atoms with Crippen molar-refractivity contribution in [3.05, 3.63) is 64.6 Å². The molecule has 0 amide bonds. The van der Waals surface area contributed by atoms with Crippen molar-refractivity contribution in [2.24, 2.45) is 0 Å². The molecule has 0 saturated heterocycles. The molecule has 0 saturated carbocycles. The lowest BCUT2D eigenvalue weighted by Gasteiger charge is -2.15. The van der Waals surface area contributed by atoms with E-state index < -0.39 is 46.9 Å². The number of carbonyl (C=O) groups excluding carboxylic acids is 1. The van der Waals surface area contributed by atoms with Gasteiger partial charge >= 0.3 is 12.1 Å². The topological polar surface area (TPSA) is 34.9 Å². The lowest BCUT2D eigenvalue weighted by atomic mass is 10.0. The van der Waals surface area contributed by atoms with E-state index in [0.29, 0.717) is 11.1 Å². The molecule has 0 radical (unpaired) electrons. The van der Waals surface area contributed by atoms with Crippen LogP contribution < -0.4 is 0 Å². The number of aryl methyl sites for hydroxylation is 1. The molecule has 0 aliphatic heterocycles. The summed E-state index contributed by atoms with van der Waals surface area (Å²) in [6, 6.07) is 5.94. The highest BCUT2D eigenvalue weighted by molar-refractivity contribution is 5.88. The molecule has 3 aromatic rings. The third-order valence-corrected chi connectivity index (χ3v) is 4.47. The van der Waals surface area contributed by atoms with E-state index in [0.717, 1.165) is 41.9 Å². The van der Waals surface area contributed by atoms with Crippen LogP contribution >= 0.6 is 0 Å². The van der Waals surface area contributed by atoms with Crippen LogP contribution in [0.2, 0.25) is 0 Å². The molecule has 3 rings (SSSR count). The highest BCUT2D eigenvalue weighted by atomic mass is 19.4. The Labute approximate surface area is 155 Å². The lowest BCUT2D eigenvalue weighted by Crippen LogP contribution is -2.23. The number of halogens is 6. The summed E-state index contributed by atoms with van der Waals surface area (Å²) in [5.41, 5.74) is -1.98. The maximum Gasteiger partial charge on any atom is 0.416 e. The average molecular weight is 400 g/mol. The number of Topliss-reactive ketones (excluding diaryl/α,β-unsaturated/α-hetero) is 1. The minimum atomic E-state index is -4.79. The van der Waals surface area contributed by atoms with E-state index in [1.54, 1.807) is 6.92 Å². The van der Waals surface area contributed by atoms with Crippen molar-refractivity contribution in [1.29, 1.82) is 0 Å². The van der Waals surface area contributed by atoms with Crippen LogP contribution in [0.15, 0.2) is 36.4 Å². The minimum absolute atomic E-state index is 0.0762. The van der Waals surface area contributed by atoms with Crippen LogP contribution in [0.5, 0.6) is 0 Å². The molecule has 0 aliphatic rings. The first-order chi connectivity index (χ1) is 12.9. The standard InChI is InChI=1S/C19H14F6N2O/c1-10-13-7-6-12(18(21,22)11(2)28)8-17(13)27(26-10)9-14-15(19(23,24)25)4-3-5-16(14)20/h3-8H,9H2,1-2H3. The van der Waals surface area contributed by atoms with Crippen molar-refractivity contribution >= 4 is 16.7 Å². The maximum absolute atomic E-state index is 14.1. The predicted molar refractivity (Wildman–Crippen MR) is 89.5 cm³/mol. The van der Waals surface area contributed by atoms with Crippen molar-refractivity contribution in [2.75, 3.05) is 0 Å². The second kappa shape index (κ2) is 6.65. The molecule has 0 fully saturated rings. The van der Waals surface area contributed by atoms with E-state index >= 15 is 0 Å². The van der Waals surface area contributed by atoms with Gasteiger partial charge in [-0.15, -0.1) is 0 Å². The Balaban J connectivity index is 2.17. The summed E-state index contributed by atoms with van der Waals surface area (Å²) in [5.74, 6) is -6.21. The van der Waals surface area contributed by atoms with Crippen LogP contribution in [0.3, 0.4) is 0 Å². The monoisotopic (exact) mass is 400 g/mol. The molecule has 0 bridgehead atoms. The zero-order valence-electron chi connectivity index (χ0n) is 14.7. The summed E-state index contributed by atoms with van der Waals surface area (Å²) >= 11 is 0. The fraction of sp³-hybridized carbons (Fsp3) is 0.263. The molecule has 28 heavy (non-hydrogen) atoms. The summed E-state index contributed by atoms with van der Waals surface area (Å²) < 4.78 is 83.0. The molecule has 0 unspecified atom stereocenters. The molecule has 0 aliphatic carbocycles. The SMILES string of the molecule is CC(=O)C(F)(F)c1ccc2c(C)nn(Cc3c(F)cccc3C(F)(F)F)c2c1. The van der Waals surface area contributed by atoms with Crippen molar-refractivity contribution in [3.63, 3.8) is 0 Å². The van der Waals surface area contributed by atoms with Crippen molar-refractivity contribution in [2.45, 2.75) is 32.5 Å². The zero-order chi connectivity index (χ0) is 20.9. The third kappa shape index (κ3) is 3.36. The molecule has 0 spiro atoms. The fourth-order valence-electron chi connectivity index (χ4n) is 2.99. The molecular formula is C19H14F6N2O. The van der Waals surface area contributed by atoms with E-state index in [-0.39, 0.29) is 5.52 Å². The van der Waals surface area contributed by atoms with E-state index in [1.807, 2.05) is 0 Å². The second-order valence-electron chi connectivity index (χ2n) is 6.37. The van der Waals surface area contributed by atoms with Gasteiger partial charge in [-0.1, -0.05) is 18.2 Å². The quantitative estimate of drug-likeness (QED) is 0.562. The van der Waals surface area contributed by atoms with Crippen LogP contribution in [0.1, 0.15) is 29.3 Å². The molecule has 1 aromatic heterocycles. The van der Waals surface area contributed by atoms with Gasteiger partial charge in [0.15, 0.2) is 0 Å². The van der Waals surface area contributed by atoms with Gasteiger partial charge in [0, 0.05) is 23.4 Å². The van der Waals surface area contributed by atoms with Crippen LogP contribution in [0.25, 0.3) is 10.9 Å². The largest absolute Gasteiger partial charge is 0.416 e. The normalized spacial score (nSPS) is 12.6. The van der Waals surface area contributed by atoms with Crippen LogP contribution in [0.4, 0.5) is 26.3 Å². The smallest absolute Gasteiger partial charge is 0.293 e. The molecule has 9 heteroatoms. The van der Waals surface area contributed by atoms with Crippen molar-refractivity contribution in [3.8, 4) is 0 Å². The Morgan fingerprint density at radius 1 is 1.11 bits per heavy atom. The minimum Gasteiger partial charge on any atom is -0.293 e. The summed E-state index contributed by atoms with van der Waals surface area (Å²) in [5, 5.41) is 4.48. The number of nitrogens with zero attached hydrogens (tertiary/aromatic N) is 2. The predicted octanol–water partition coefficient (Wildman–Crippen LogP) is 5.23. The van der Waals surface area contributed by atoms with Gasteiger partial charge in [-0.25, -0.2) is 4.39 Å². The Morgan fingerprint density at radius 2 is 1.79 bits per heavy atom. The van der Waals surface area contributed by atoms with Crippen LogP contribution in [0, 0.1) is 12.7 Å². The van der Waals surface area contributed by atoms with Crippen molar-refractivity contribution in [1.82, 2.24) is 9.78 Å². The zero-order valence-corrected chi connectivity index (χ0v) is 14.7. The van der Waals surface area contributed by atoms with E-state index in [1.165, 1.54) is 6.07 Å². The van der Waals surface area contributed by atoms with Gasteiger partial charge in [0.2, 0.25) is 5.78 Å². The number of fused-ring (bicyclic) bond motifs is 1. The first-order valence-electron chi connectivity index (χ1n) is 8.14. The molecular weight excluding hydrogens is 386 g/mol. The summed E-state index contributed by atoms with van der Waals surface area (Å²) in [6.45, 7) is 1.68. The maximum atomic E-state index is 14.1. The van der Waals surface area contributed by atoms with Gasteiger partial charge < -0.3 is 0 Å². The number of aromatic nitrogens is 2. The summed E-state index contributed by atoms with van der Waals surface area (Å²) in [7, 11) is 0. The van der Waals surface area contributed by atoms with Crippen LogP contribution in [-0.4, -0.2) is 15.6 Å². The number of hydrogen-bond donors (Lipinski definition) is 0. The Hall–Kier alpha value is -2.84. The van der Waals surface area contributed by atoms with Gasteiger partial charge in [0.1, 0.15) is 5.82 Å². The van der Waals surface area contributed by atoms with E-state index in [2.05, 4.69) is 5.10 Å². The summed E-state index contributed by atoms with van der Waals surface area (Å²) in [6.07, 6.45) is -4.79. The van der Waals surface area contributed by atoms with E-state index in [9.17, 15) is 31.1 Å². The van der Waals surface area contributed by atoms with Gasteiger partial charge in [0.25, 0.3) is 0 Å².